The first-order chi connectivity index (χ1) is 7.33. The van der Waals surface area contributed by atoms with Crippen molar-refractivity contribution in [2.75, 3.05) is 39.4 Å². The molecule has 1 rings (SSSR count). The van der Waals surface area contributed by atoms with Crippen LogP contribution in [0, 0.1) is 0 Å². The van der Waals surface area contributed by atoms with Gasteiger partial charge in [-0.05, 0) is 12.8 Å². The van der Waals surface area contributed by atoms with Crippen molar-refractivity contribution >= 4 is 11.6 Å². The first-order valence-corrected chi connectivity index (χ1v) is 6.24. The molecule has 15 heavy (non-hydrogen) atoms. The topological polar surface area (TPSA) is 30.5 Å². The van der Waals surface area contributed by atoms with E-state index in [1.165, 1.54) is 25.7 Å². The average Bonchev–Trinajstić information content (AvgIpc) is 2.73. The SMILES string of the molecule is COCCOCCNC1(CCl)CCCC1. The minimum atomic E-state index is 0.187. The van der Waals surface area contributed by atoms with Gasteiger partial charge in [-0.3, -0.25) is 0 Å². The van der Waals surface area contributed by atoms with Crippen molar-refractivity contribution in [2.24, 2.45) is 0 Å². The summed E-state index contributed by atoms with van der Waals surface area (Å²) in [7, 11) is 1.68. The van der Waals surface area contributed by atoms with Gasteiger partial charge in [0.05, 0.1) is 19.8 Å². The van der Waals surface area contributed by atoms with Crippen molar-refractivity contribution in [3.63, 3.8) is 0 Å². The van der Waals surface area contributed by atoms with Gasteiger partial charge in [0.15, 0.2) is 0 Å². The molecule has 1 N–H and O–H groups in total. The van der Waals surface area contributed by atoms with E-state index in [0.717, 1.165) is 13.2 Å². The molecule has 0 unspecified atom stereocenters. The summed E-state index contributed by atoms with van der Waals surface area (Å²) >= 11 is 6.00. The highest BCUT2D eigenvalue weighted by Crippen LogP contribution is 2.30. The number of hydrogen-bond donors (Lipinski definition) is 1. The molecule has 3 nitrogen and oxygen atoms in total. The smallest absolute Gasteiger partial charge is 0.0700 e. The maximum absolute atomic E-state index is 6.00. The number of ether oxygens (including phenoxy) is 2. The van der Waals surface area contributed by atoms with Gasteiger partial charge in [0.25, 0.3) is 0 Å². The zero-order valence-electron chi connectivity index (χ0n) is 9.56. The van der Waals surface area contributed by atoms with Crippen LogP contribution in [0.25, 0.3) is 0 Å². The van der Waals surface area contributed by atoms with Crippen molar-refractivity contribution in [1.82, 2.24) is 5.32 Å². The van der Waals surface area contributed by atoms with Gasteiger partial charge >= 0.3 is 0 Å². The third kappa shape index (κ3) is 4.68. The Morgan fingerprint density at radius 3 is 2.53 bits per heavy atom. The number of alkyl halides is 1. The van der Waals surface area contributed by atoms with Crippen LogP contribution in [0.5, 0.6) is 0 Å². The minimum Gasteiger partial charge on any atom is -0.382 e. The lowest BCUT2D eigenvalue weighted by molar-refractivity contribution is 0.0693. The van der Waals surface area contributed by atoms with Gasteiger partial charge in [0, 0.05) is 25.1 Å². The largest absolute Gasteiger partial charge is 0.382 e. The average molecular weight is 236 g/mol. The first-order valence-electron chi connectivity index (χ1n) is 5.71. The predicted octanol–water partition coefficient (Wildman–Crippen LogP) is 1.79. The van der Waals surface area contributed by atoms with Crippen molar-refractivity contribution in [3.05, 3.63) is 0 Å². The highest BCUT2D eigenvalue weighted by Gasteiger charge is 2.31. The molecule has 0 aromatic carbocycles. The van der Waals surface area contributed by atoms with Crippen LogP contribution < -0.4 is 5.32 Å². The summed E-state index contributed by atoms with van der Waals surface area (Å²) < 4.78 is 10.3. The van der Waals surface area contributed by atoms with Crippen LogP contribution in [0.1, 0.15) is 25.7 Å². The van der Waals surface area contributed by atoms with Crippen molar-refractivity contribution < 1.29 is 9.47 Å². The van der Waals surface area contributed by atoms with Crippen molar-refractivity contribution in [1.29, 1.82) is 0 Å². The number of rotatable bonds is 8. The maximum atomic E-state index is 6.00. The summed E-state index contributed by atoms with van der Waals surface area (Å²) in [6.45, 7) is 2.96. The first kappa shape index (κ1) is 13.2. The molecule has 0 saturated heterocycles. The summed E-state index contributed by atoms with van der Waals surface area (Å²) in [5, 5.41) is 3.52. The normalized spacial score (nSPS) is 19.6. The summed E-state index contributed by atoms with van der Waals surface area (Å²) in [6.07, 6.45) is 5.00. The lowest BCUT2D eigenvalue weighted by Gasteiger charge is -2.27. The summed E-state index contributed by atoms with van der Waals surface area (Å²) in [5.74, 6) is 0.713. The fourth-order valence-electron chi connectivity index (χ4n) is 2.04. The second-order valence-corrected chi connectivity index (χ2v) is 4.42. The fraction of sp³-hybridized carbons (Fsp3) is 1.00. The molecular weight excluding hydrogens is 214 g/mol. The van der Waals surface area contributed by atoms with Crippen LogP contribution in [0.15, 0.2) is 0 Å². The van der Waals surface area contributed by atoms with Crippen LogP contribution in [0.3, 0.4) is 0 Å². The summed E-state index contributed by atoms with van der Waals surface area (Å²) in [4.78, 5) is 0. The number of halogens is 1. The summed E-state index contributed by atoms with van der Waals surface area (Å²) in [5.41, 5.74) is 0.187. The van der Waals surface area contributed by atoms with Crippen LogP contribution in [-0.4, -0.2) is 44.9 Å². The van der Waals surface area contributed by atoms with E-state index in [9.17, 15) is 0 Å². The molecule has 1 fully saturated rings. The molecule has 0 amide bonds. The lowest BCUT2D eigenvalue weighted by Crippen LogP contribution is -2.45. The minimum absolute atomic E-state index is 0.187. The second kappa shape index (κ2) is 7.44. The Morgan fingerprint density at radius 1 is 1.20 bits per heavy atom. The standard InChI is InChI=1S/C11H22ClNO2/c1-14-8-9-15-7-6-13-11(10-12)4-2-3-5-11/h13H,2-10H2,1H3. The van der Waals surface area contributed by atoms with E-state index < -0.39 is 0 Å². The van der Waals surface area contributed by atoms with Gasteiger partial charge in [-0.25, -0.2) is 0 Å². The Balaban J connectivity index is 2.02. The highest BCUT2D eigenvalue weighted by molar-refractivity contribution is 6.18. The molecule has 0 aliphatic heterocycles. The molecule has 1 aliphatic carbocycles. The molecule has 0 aromatic rings. The van der Waals surface area contributed by atoms with Gasteiger partial charge in [-0.15, -0.1) is 11.6 Å². The zero-order chi connectivity index (χ0) is 11.0. The monoisotopic (exact) mass is 235 g/mol. The number of methoxy groups -OCH3 is 1. The molecule has 0 spiro atoms. The van der Waals surface area contributed by atoms with Gasteiger partial charge < -0.3 is 14.8 Å². The molecule has 1 aliphatic rings. The number of nitrogens with one attached hydrogen (secondary N) is 1. The Hall–Kier alpha value is 0.170. The summed E-state index contributed by atoms with van der Waals surface area (Å²) in [6, 6.07) is 0. The molecule has 0 radical (unpaired) electrons. The molecular formula is C11H22ClNO2. The molecule has 4 heteroatoms. The van der Waals surface area contributed by atoms with E-state index in [1.54, 1.807) is 7.11 Å². The molecule has 0 atom stereocenters. The van der Waals surface area contributed by atoms with Gasteiger partial charge in [0.1, 0.15) is 0 Å². The Morgan fingerprint density at radius 2 is 1.93 bits per heavy atom. The fourth-order valence-corrected chi connectivity index (χ4v) is 2.40. The van der Waals surface area contributed by atoms with E-state index >= 15 is 0 Å². The maximum Gasteiger partial charge on any atom is 0.0700 e. The molecule has 90 valence electrons. The lowest BCUT2D eigenvalue weighted by atomic mass is 10.0. The van der Waals surface area contributed by atoms with E-state index in [0.29, 0.717) is 19.1 Å². The predicted molar refractivity (Wildman–Crippen MR) is 62.6 cm³/mol. The third-order valence-electron chi connectivity index (χ3n) is 2.99. The molecule has 0 aromatic heterocycles. The van der Waals surface area contributed by atoms with Crippen molar-refractivity contribution in [3.8, 4) is 0 Å². The molecule has 0 heterocycles. The van der Waals surface area contributed by atoms with Gasteiger partial charge in [0.2, 0.25) is 0 Å². The molecule has 1 saturated carbocycles. The van der Waals surface area contributed by atoms with Crippen LogP contribution >= 0.6 is 11.6 Å². The second-order valence-electron chi connectivity index (χ2n) is 4.15. The zero-order valence-corrected chi connectivity index (χ0v) is 10.3. The quantitative estimate of drug-likeness (QED) is 0.514. The van der Waals surface area contributed by atoms with Crippen molar-refractivity contribution in [2.45, 2.75) is 31.2 Å². The highest BCUT2D eigenvalue weighted by atomic mass is 35.5. The van der Waals surface area contributed by atoms with Crippen LogP contribution in [0.4, 0.5) is 0 Å². The van der Waals surface area contributed by atoms with Gasteiger partial charge in [-0.2, -0.15) is 0 Å². The third-order valence-corrected chi connectivity index (χ3v) is 3.51. The van der Waals surface area contributed by atoms with E-state index in [-0.39, 0.29) is 5.54 Å². The van der Waals surface area contributed by atoms with E-state index in [1.807, 2.05) is 0 Å². The molecule has 0 bridgehead atoms. The van der Waals surface area contributed by atoms with E-state index in [2.05, 4.69) is 5.32 Å². The number of hydrogen-bond acceptors (Lipinski definition) is 3. The van der Waals surface area contributed by atoms with E-state index in [4.69, 9.17) is 21.1 Å². The van der Waals surface area contributed by atoms with Gasteiger partial charge in [-0.1, -0.05) is 12.8 Å². The van der Waals surface area contributed by atoms with Crippen LogP contribution in [-0.2, 0) is 9.47 Å². The van der Waals surface area contributed by atoms with Crippen LogP contribution in [0.2, 0.25) is 0 Å². The Kier molecular flexibility index (Phi) is 6.57. The Bertz CT molecular complexity index is 161. The Labute approximate surface area is 97.5 Å².